The van der Waals surface area contributed by atoms with Crippen LogP contribution in [0.25, 0.3) is 0 Å². The fraction of sp³-hybridized carbons (Fsp3) is 0.833. The number of hydrogen-bond acceptors (Lipinski definition) is 3. The van der Waals surface area contributed by atoms with Gasteiger partial charge in [-0.3, -0.25) is 5.32 Å². The molecule has 0 radical (unpaired) electrons. The molecule has 4 heteroatoms. The Kier molecular flexibility index (Phi) is 0.866. The Morgan fingerprint density at radius 3 is 2.70 bits per heavy atom. The molecule has 0 bridgehead atoms. The molecule has 0 saturated carbocycles. The molecule has 1 amide bonds. The Bertz CT molecular complexity index is 189. The average Bonchev–Trinajstić information content (AvgIpc) is 2.08. The fourth-order valence-corrected chi connectivity index (χ4v) is 1.32. The second kappa shape index (κ2) is 1.45. The summed E-state index contributed by atoms with van der Waals surface area (Å²) in [4.78, 5) is 10.6. The normalized spacial score (nSPS) is 41.2. The molecular formula is C6H9NO3. The topological polar surface area (TPSA) is 47.6 Å². The van der Waals surface area contributed by atoms with E-state index in [9.17, 15) is 4.79 Å². The maximum atomic E-state index is 10.6. The summed E-state index contributed by atoms with van der Waals surface area (Å²) >= 11 is 0. The van der Waals surface area contributed by atoms with Crippen LogP contribution in [0.5, 0.6) is 0 Å². The summed E-state index contributed by atoms with van der Waals surface area (Å²) in [5, 5.41) is 2.53. The summed E-state index contributed by atoms with van der Waals surface area (Å²) in [6, 6.07) is 0. The van der Waals surface area contributed by atoms with Crippen LogP contribution in [-0.4, -0.2) is 24.0 Å². The molecule has 2 saturated heterocycles. The Balaban J connectivity index is 2.13. The van der Waals surface area contributed by atoms with E-state index in [1.807, 2.05) is 13.8 Å². The molecule has 0 spiro atoms. The average molecular weight is 143 g/mol. The summed E-state index contributed by atoms with van der Waals surface area (Å²) in [5.74, 6) is 0. The summed E-state index contributed by atoms with van der Waals surface area (Å²) < 4.78 is 10.2. The van der Waals surface area contributed by atoms with Gasteiger partial charge in [0.2, 0.25) is 0 Å². The van der Waals surface area contributed by atoms with Gasteiger partial charge in [0.25, 0.3) is 0 Å². The number of nitrogens with one attached hydrogen (secondary N) is 1. The number of amides is 1. The number of carbonyl (C=O) groups excluding carboxylic acids is 1. The molecule has 2 fully saturated rings. The van der Waals surface area contributed by atoms with E-state index in [0.29, 0.717) is 0 Å². The summed E-state index contributed by atoms with van der Waals surface area (Å²) in [6.07, 6.45) is -0.678. The van der Waals surface area contributed by atoms with Crippen LogP contribution in [0.15, 0.2) is 0 Å². The zero-order chi connectivity index (χ0) is 7.35. The highest BCUT2D eigenvalue weighted by Crippen LogP contribution is 2.36. The smallest absolute Gasteiger partial charge is 0.409 e. The highest BCUT2D eigenvalue weighted by molar-refractivity contribution is 5.70. The molecule has 2 aliphatic heterocycles. The van der Waals surface area contributed by atoms with Gasteiger partial charge < -0.3 is 9.47 Å². The van der Waals surface area contributed by atoms with Gasteiger partial charge in [-0.05, 0) is 13.8 Å². The van der Waals surface area contributed by atoms with Crippen LogP contribution in [0.3, 0.4) is 0 Å². The van der Waals surface area contributed by atoms with E-state index in [0.717, 1.165) is 0 Å². The van der Waals surface area contributed by atoms with E-state index >= 15 is 0 Å². The first-order valence-electron chi connectivity index (χ1n) is 3.24. The van der Waals surface area contributed by atoms with Crippen molar-refractivity contribution in [1.82, 2.24) is 5.32 Å². The second-order valence-corrected chi connectivity index (χ2v) is 3.11. The van der Waals surface area contributed by atoms with Gasteiger partial charge in [0.15, 0.2) is 12.3 Å². The zero-order valence-electron chi connectivity index (χ0n) is 5.88. The van der Waals surface area contributed by atoms with Crippen LogP contribution in [0.4, 0.5) is 4.79 Å². The van der Waals surface area contributed by atoms with Gasteiger partial charge in [-0.25, -0.2) is 4.79 Å². The van der Waals surface area contributed by atoms with Crippen molar-refractivity contribution in [3.05, 3.63) is 0 Å². The molecule has 2 unspecified atom stereocenters. The van der Waals surface area contributed by atoms with E-state index in [2.05, 4.69) is 5.32 Å². The van der Waals surface area contributed by atoms with Gasteiger partial charge in [0, 0.05) is 0 Å². The molecule has 0 aromatic heterocycles. The third-order valence-electron chi connectivity index (χ3n) is 1.88. The lowest BCUT2D eigenvalue weighted by Gasteiger charge is -2.44. The molecule has 2 heterocycles. The van der Waals surface area contributed by atoms with E-state index in [1.54, 1.807) is 0 Å². The van der Waals surface area contributed by atoms with E-state index in [4.69, 9.17) is 9.47 Å². The van der Waals surface area contributed by atoms with Crippen molar-refractivity contribution in [3.8, 4) is 0 Å². The van der Waals surface area contributed by atoms with Crippen molar-refractivity contribution < 1.29 is 14.3 Å². The van der Waals surface area contributed by atoms with Gasteiger partial charge in [-0.2, -0.15) is 0 Å². The van der Waals surface area contributed by atoms with E-state index in [-0.39, 0.29) is 24.0 Å². The molecular weight excluding hydrogens is 134 g/mol. The van der Waals surface area contributed by atoms with Crippen LogP contribution >= 0.6 is 0 Å². The maximum absolute atomic E-state index is 10.6. The maximum Gasteiger partial charge on any atom is 0.409 e. The van der Waals surface area contributed by atoms with Crippen molar-refractivity contribution >= 4 is 6.09 Å². The minimum atomic E-state index is -0.374. The van der Waals surface area contributed by atoms with Gasteiger partial charge in [-0.15, -0.1) is 0 Å². The number of hydrogen-bond donors (Lipinski definition) is 1. The highest BCUT2D eigenvalue weighted by Gasteiger charge is 2.56. The quantitative estimate of drug-likeness (QED) is 0.528. The van der Waals surface area contributed by atoms with Gasteiger partial charge in [0.1, 0.15) is 5.60 Å². The van der Waals surface area contributed by atoms with Crippen LogP contribution < -0.4 is 5.32 Å². The number of carbonyl (C=O) groups is 1. The lowest BCUT2D eigenvalue weighted by atomic mass is 9.94. The number of ether oxygens (including phenoxy) is 2. The minimum Gasteiger partial charge on any atom is -0.438 e. The van der Waals surface area contributed by atoms with E-state index < -0.39 is 0 Å². The van der Waals surface area contributed by atoms with Crippen LogP contribution in [0.1, 0.15) is 13.8 Å². The Morgan fingerprint density at radius 1 is 1.60 bits per heavy atom. The van der Waals surface area contributed by atoms with Crippen molar-refractivity contribution in [2.45, 2.75) is 31.8 Å². The predicted octanol–water partition coefficient (Wildman–Crippen LogP) is 0.230. The van der Waals surface area contributed by atoms with Crippen LogP contribution in [0, 0.1) is 0 Å². The molecule has 56 valence electrons. The Labute approximate surface area is 58.5 Å². The number of alkyl carbamates (subject to hydrolysis) is 1. The third kappa shape index (κ3) is 0.568. The molecule has 0 aromatic carbocycles. The van der Waals surface area contributed by atoms with Crippen molar-refractivity contribution in [2.75, 3.05) is 0 Å². The molecule has 10 heavy (non-hydrogen) atoms. The van der Waals surface area contributed by atoms with Gasteiger partial charge in [-0.1, -0.05) is 0 Å². The van der Waals surface area contributed by atoms with Crippen molar-refractivity contribution in [2.24, 2.45) is 0 Å². The molecule has 1 N–H and O–H groups in total. The second-order valence-electron chi connectivity index (χ2n) is 3.11. The summed E-state index contributed by atoms with van der Waals surface area (Å²) in [6.45, 7) is 3.79. The molecule has 4 nitrogen and oxygen atoms in total. The lowest BCUT2D eigenvalue weighted by Crippen LogP contribution is -2.61. The molecule has 2 atom stereocenters. The van der Waals surface area contributed by atoms with Crippen molar-refractivity contribution in [1.29, 1.82) is 0 Å². The molecule has 2 aliphatic rings. The first-order chi connectivity index (χ1) is 4.59. The van der Waals surface area contributed by atoms with Gasteiger partial charge in [0.05, 0.1) is 0 Å². The van der Waals surface area contributed by atoms with Crippen molar-refractivity contribution in [3.63, 3.8) is 0 Å². The standard InChI is InChI=1S/C6H9NO3/c1-6(2)3-4(10-6)7-5(8)9-3/h3-4H,1-2H3,(H,7,8). The first-order valence-corrected chi connectivity index (χ1v) is 3.24. The highest BCUT2D eigenvalue weighted by atomic mass is 16.7. The SMILES string of the molecule is CC1(C)OC2NC(=O)OC21. The van der Waals surface area contributed by atoms with E-state index in [1.165, 1.54) is 0 Å². The Hall–Kier alpha value is -0.770. The largest absolute Gasteiger partial charge is 0.438 e. The predicted molar refractivity (Wildman–Crippen MR) is 32.4 cm³/mol. The molecule has 2 rings (SSSR count). The lowest BCUT2D eigenvalue weighted by molar-refractivity contribution is -0.251. The van der Waals surface area contributed by atoms with Gasteiger partial charge >= 0.3 is 6.09 Å². The summed E-state index contributed by atoms with van der Waals surface area (Å²) in [5.41, 5.74) is -0.302. The minimum absolute atomic E-state index is 0.0972. The zero-order valence-corrected chi connectivity index (χ0v) is 5.88. The van der Waals surface area contributed by atoms with Crippen LogP contribution in [0.2, 0.25) is 0 Å². The fourth-order valence-electron chi connectivity index (χ4n) is 1.32. The molecule has 0 aromatic rings. The summed E-state index contributed by atoms with van der Waals surface area (Å²) in [7, 11) is 0. The third-order valence-corrected chi connectivity index (χ3v) is 1.88. The monoisotopic (exact) mass is 143 g/mol. The molecule has 0 aliphatic carbocycles. The Morgan fingerprint density at radius 2 is 2.30 bits per heavy atom. The number of rotatable bonds is 0. The van der Waals surface area contributed by atoms with Crippen LogP contribution in [-0.2, 0) is 9.47 Å². The number of fused-ring (bicyclic) bond motifs is 1. The first kappa shape index (κ1) is 5.97.